The van der Waals surface area contributed by atoms with Crippen molar-refractivity contribution in [3.8, 4) is 0 Å². The summed E-state index contributed by atoms with van der Waals surface area (Å²) in [4.78, 5) is 0. The zero-order valence-electron chi connectivity index (χ0n) is 8.11. The predicted octanol–water partition coefficient (Wildman–Crippen LogP) is 4.23. The zero-order valence-corrected chi connectivity index (χ0v) is 11.1. The van der Waals surface area contributed by atoms with Gasteiger partial charge in [0.25, 0.3) is 0 Å². The second-order valence-electron chi connectivity index (χ2n) is 8.03. The molecule has 0 amide bonds. The van der Waals surface area contributed by atoms with Gasteiger partial charge in [0.2, 0.25) is 0 Å². The maximum absolute atomic E-state index is 2.60. The molecule has 0 aromatic carbocycles. The van der Waals surface area contributed by atoms with E-state index in [9.17, 15) is 0 Å². The van der Waals surface area contributed by atoms with Crippen molar-refractivity contribution >= 4 is 0 Å². The van der Waals surface area contributed by atoms with Crippen LogP contribution in [0.3, 0.4) is 0 Å². The van der Waals surface area contributed by atoms with E-state index in [0.717, 1.165) is 0 Å². The van der Waals surface area contributed by atoms with Gasteiger partial charge >= 0.3 is 65.9 Å². The van der Waals surface area contributed by atoms with E-state index in [0.29, 0.717) is 0 Å². The first-order valence-corrected chi connectivity index (χ1v) is 19.1. The zero-order chi connectivity index (χ0) is 7.85. The molecular formula is C9H21Zn. The summed E-state index contributed by atoms with van der Waals surface area (Å²) in [5, 5.41) is 0. The summed E-state index contributed by atoms with van der Waals surface area (Å²) in [5.41, 5.74) is 10.4. The van der Waals surface area contributed by atoms with Gasteiger partial charge in [-0.1, -0.05) is 0 Å². The molecule has 1 heteroatoms. The van der Waals surface area contributed by atoms with Crippen LogP contribution in [0.2, 0.25) is 26.6 Å². The molecule has 0 aliphatic heterocycles. The molecule has 0 atom stereocenters. The summed E-state index contributed by atoms with van der Waals surface area (Å²) in [7, 11) is 0. The second kappa shape index (κ2) is 2.30. The van der Waals surface area contributed by atoms with E-state index in [1.54, 1.807) is 12.8 Å². The quantitative estimate of drug-likeness (QED) is 0.548. The van der Waals surface area contributed by atoms with Crippen LogP contribution in [0, 0.1) is 0 Å². The molecule has 1 aliphatic carbocycles. The molecule has 0 spiro atoms. The van der Waals surface area contributed by atoms with Crippen molar-refractivity contribution in [3.05, 3.63) is 0 Å². The summed E-state index contributed by atoms with van der Waals surface area (Å²) in [6, 6.07) is 0. The van der Waals surface area contributed by atoms with Crippen LogP contribution in [-0.2, 0) is 13.6 Å². The molecule has 0 aromatic rings. The van der Waals surface area contributed by atoms with Crippen LogP contribution in [0.1, 0.15) is 25.7 Å². The number of rotatable bonds is 1. The van der Waals surface area contributed by atoms with E-state index in [1.807, 2.05) is 0 Å². The molecule has 10 heavy (non-hydrogen) atoms. The third-order valence-electron chi connectivity index (χ3n) is 3.78. The first kappa shape index (κ1) is 8.72. The molecule has 0 heterocycles. The molecule has 0 aromatic heterocycles. The molecule has 1 aliphatic rings. The Morgan fingerprint density at radius 1 is 0.900 bits per heavy atom. The Labute approximate surface area is 66.1 Å². The molecule has 1 fully saturated rings. The minimum atomic E-state index is -2.08. The molecule has 1 saturated carbocycles. The summed E-state index contributed by atoms with van der Waals surface area (Å²) in [5.74, 6) is 0. The Bertz CT molecular complexity index is 114. The molecule has 0 N–H and O–H groups in total. The normalized spacial score (nSPS) is 23.7. The van der Waals surface area contributed by atoms with Gasteiger partial charge in [0, 0.05) is 0 Å². The Morgan fingerprint density at radius 3 is 1.50 bits per heavy atom. The minimum absolute atomic E-state index is 1.17. The average Bonchev–Trinajstić information content (AvgIpc) is 2.04. The van der Waals surface area contributed by atoms with Gasteiger partial charge in [0.05, 0.1) is 0 Å². The maximum atomic E-state index is 2.60. The van der Waals surface area contributed by atoms with Gasteiger partial charge in [-0.15, -0.1) is 0 Å². The Morgan fingerprint density at radius 2 is 1.30 bits per heavy atom. The van der Waals surface area contributed by atoms with Crippen LogP contribution in [0.5, 0.6) is 0 Å². The molecule has 1 rings (SSSR count). The van der Waals surface area contributed by atoms with Crippen molar-refractivity contribution in [2.75, 3.05) is 0 Å². The summed E-state index contributed by atoms with van der Waals surface area (Å²) < 4.78 is 1.17. The third kappa shape index (κ3) is 2.05. The van der Waals surface area contributed by atoms with Crippen molar-refractivity contribution in [1.29, 1.82) is 0 Å². The van der Waals surface area contributed by atoms with E-state index in [2.05, 4.69) is 22.1 Å². The van der Waals surface area contributed by atoms with Gasteiger partial charge in [0.1, 0.15) is 0 Å². The van der Waals surface area contributed by atoms with Crippen molar-refractivity contribution in [2.45, 2.75) is 52.3 Å². The van der Waals surface area contributed by atoms with Gasteiger partial charge in [-0.2, -0.15) is 0 Å². The average molecular weight is 195 g/mol. The Hall–Kier alpha value is 0.623. The first-order valence-electron chi connectivity index (χ1n) is 5.55. The van der Waals surface area contributed by atoms with Crippen molar-refractivity contribution in [3.63, 3.8) is 0 Å². The van der Waals surface area contributed by atoms with Gasteiger partial charge in [0.15, 0.2) is 0 Å². The Balaban J connectivity index is 2.63. The van der Waals surface area contributed by atoms with E-state index in [-0.39, 0.29) is 0 Å². The molecule has 0 saturated heterocycles. The van der Waals surface area contributed by atoms with E-state index < -0.39 is 13.6 Å². The number of hydrogen-bond acceptors (Lipinski definition) is 0. The summed E-state index contributed by atoms with van der Waals surface area (Å²) in [6.45, 7) is 0. The first-order chi connectivity index (χ1) is 4.36. The van der Waals surface area contributed by atoms with Crippen molar-refractivity contribution in [1.82, 2.24) is 0 Å². The molecule has 0 bridgehead atoms. The third-order valence-corrected chi connectivity index (χ3v) is 15.2. The molecule has 0 radical (unpaired) electrons. The van der Waals surface area contributed by atoms with E-state index >= 15 is 0 Å². The van der Waals surface area contributed by atoms with E-state index in [4.69, 9.17) is 0 Å². The van der Waals surface area contributed by atoms with Gasteiger partial charge in [-0.25, -0.2) is 0 Å². The fourth-order valence-corrected chi connectivity index (χ4v) is 10.7. The van der Waals surface area contributed by atoms with Crippen LogP contribution >= 0.6 is 0 Å². The van der Waals surface area contributed by atoms with E-state index in [1.165, 1.54) is 17.4 Å². The summed E-state index contributed by atoms with van der Waals surface area (Å²) >= 11 is -2.08. The monoisotopic (exact) mass is 193 g/mol. The van der Waals surface area contributed by atoms with Crippen LogP contribution < -0.4 is 0 Å². The SMILES string of the molecule is [CH3][Zn]([CH3])([CH3])([CH3])[CH]1CCCC1. The van der Waals surface area contributed by atoms with Crippen LogP contribution in [0.25, 0.3) is 0 Å². The van der Waals surface area contributed by atoms with Crippen LogP contribution in [-0.4, -0.2) is 0 Å². The molecule has 0 nitrogen and oxygen atoms in total. The van der Waals surface area contributed by atoms with Crippen molar-refractivity contribution in [2.24, 2.45) is 0 Å². The fourth-order valence-electron chi connectivity index (χ4n) is 2.64. The molecule has 0 unspecified atom stereocenters. The summed E-state index contributed by atoms with van der Waals surface area (Å²) in [6.07, 6.45) is 6.13. The van der Waals surface area contributed by atoms with Crippen molar-refractivity contribution < 1.29 is 13.6 Å². The fraction of sp³-hybridized carbons (Fsp3) is 1.00. The number of hydrogen-bond donors (Lipinski definition) is 0. The standard InChI is InChI=1S/C5H9.4CH3.Zn/c1-2-4-5-3-1;;;;;/h1H,2-5H2;4*1H3;. The molecular weight excluding hydrogens is 173 g/mol. The second-order valence-corrected chi connectivity index (χ2v) is 35.1. The molecule has 59 valence electrons. The van der Waals surface area contributed by atoms with Gasteiger partial charge < -0.3 is 0 Å². The Kier molecular flexibility index (Phi) is 2.01. The topological polar surface area (TPSA) is 0 Å². The van der Waals surface area contributed by atoms with Crippen LogP contribution in [0.15, 0.2) is 0 Å². The predicted molar refractivity (Wildman–Crippen MR) is 45.7 cm³/mol. The van der Waals surface area contributed by atoms with Gasteiger partial charge in [-0.3, -0.25) is 0 Å². The van der Waals surface area contributed by atoms with Gasteiger partial charge in [-0.05, 0) is 0 Å². The van der Waals surface area contributed by atoms with Crippen LogP contribution in [0.4, 0.5) is 0 Å².